The third-order valence-electron chi connectivity index (χ3n) is 1.96. The van der Waals surface area contributed by atoms with Gasteiger partial charge >= 0.3 is 0 Å². The van der Waals surface area contributed by atoms with Crippen molar-refractivity contribution in [3.63, 3.8) is 0 Å². The SMILES string of the molecule is CSN=c1sc2c(s1)CCCC2. The summed E-state index contributed by atoms with van der Waals surface area (Å²) in [6.45, 7) is 0. The van der Waals surface area contributed by atoms with Crippen molar-refractivity contribution in [2.45, 2.75) is 25.7 Å². The zero-order valence-electron chi connectivity index (χ0n) is 7.00. The minimum Gasteiger partial charge on any atom is -0.195 e. The fourth-order valence-corrected chi connectivity index (χ4v) is 4.67. The van der Waals surface area contributed by atoms with Crippen LogP contribution in [0.1, 0.15) is 22.6 Å². The molecule has 0 amide bonds. The van der Waals surface area contributed by atoms with Gasteiger partial charge in [-0.05, 0) is 37.6 Å². The highest BCUT2D eigenvalue weighted by Gasteiger charge is 2.11. The molecular formula is C8H11NS3. The summed E-state index contributed by atoms with van der Waals surface area (Å²) in [4.78, 5) is 3.19. The molecule has 0 aliphatic heterocycles. The molecule has 0 aromatic carbocycles. The molecule has 66 valence electrons. The van der Waals surface area contributed by atoms with E-state index in [0.717, 1.165) is 0 Å². The monoisotopic (exact) mass is 217 g/mol. The molecule has 2 rings (SSSR count). The van der Waals surface area contributed by atoms with Crippen molar-refractivity contribution in [1.29, 1.82) is 0 Å². The highest BCUT2D eigenvalue weighted by atomic mass is 32.2. The number of rotatable bonds is 1. The fraction of sp³-hybridized carbons (Fsp3) is 0.625. The van der Waals surface area contributed by atoms with Gasteiger partial charge in [0.25, 0.3) is 0 Å². The summed E-state index contributed by atoms with van der Waals surface area (Å²) in [5.74, 6) is 0. The van der Waals surface area contributed by atoms with Gasteiger partial charge < -0.3 is 0 Å². The maximum absolute atomic E-state index is 4.37. The van der Waals surface area contributed by atoms with E-state index in [1.165, 1.54) is 29.7 Å². The normalized spacial score (nSPS) is 15.8. The lowest BCUT2D eigenvalue weighted by Crippen LogP contribution is -1.95. The van der Waals surface area contributed by atoms with Crippen LogP contribution in [0.15, 0.2) is 4.40 Å². The Morgan fingerprint density at radius 1 is 1.17 bits per heavy atom. The van der Waals surface area contributed by atoms with Crippen LogP contribution in [0.5, 0.6) is 0 Å². The summed E-state index contributed by atoms with van der Waals surface area (Å²) < 4.78 is 5.61. The van der Waals surface area contributed by atoms with Gasteiger partial charge in [-0.1, -0.05) is 0 Å². The molecule has 0 saturated carbocycles. The lowest BCUT2D eigenvalue weighted by molar-refractivity contribution is 0.705. The van der Waals surface area contributed by atoms with Crippen LogP contribution in [-0.2, 0) is 12.8 Å². The maximum Gasteiger partial charge on any atom is 0.178 e. The summed E-state index contributed by atoms with van der Waals surface area (Å²) in [5.41, 5.74) is 0. The van der Waals surface area contributed by atoms with Crippen molar-refractivity contribution in [1.82, 2.24) is 0 Å². The highest BCUT2D eigenvalue weighted by Crippen LogP contribution is 2.26. The molecule has 1 heterocycles. The van der Waals surface area contributed by atoms with E-state index in [-0.39, 0.29) is 0 Å². The van der Waals surface area contributed by atoms with Crippen LogP contribution in [0.2, 0.25) is 0 Å². The Bertz CT molecular complexity index is 297. The molecule has 0 fully saturated rings. The fourth-order valence-electron chi connectivity index (χ4n) is 1.41. The third kappa shape index (κ3) is 1.75. The zero-order valence-corrected chi connectivity index (χ0v) is 9.45. The quantitative estimate of drug-likeness (QED) is 0.659. The summed E-state index contributed by atoms with van der Waals surface area (Å²) >= 11 is 5.35. The average molecular weight is 217 g/mol. The number of aryl methyl sites for hydroxylation is 2. The van der Waals surface area contributed by atoms with Crippen LogP contribution >= 0.6 is 34.6 Å². The Morgan fingerprint density at radius 2 is 1.75 bits per heavy atom. The van der Waals surface area contributed by atoms with Gasteiger partial charge in [-0.2, -0.15) is 4.40 Å². The van der Waals surface area contributed by atoms with Crippen molar-refractivity contribution in [2.75, 3.05) is 6.26 Å². The van der Waals surface area contributed by atoms with Crippen molar-refractivity contribution in [3.8, 4) is 0 Å². The predicted molar refractivity (Wildman–Crippen MR) is 57.9 cm³/mol. The Balaban J connectivity index is 2.38. The van der Waals surface area contributed by atoms with Crippen LogP contribution in [0.25, 0.3) is 0 Å². The lowest BCUT2D eigenvalue weighted by atomic mass is 10.1. The molecule has 0 bridgehead atoms. The van der Waals surface area contributed by atoms with E-state index in [0.29, 0.717) is 0 Å². The molecule has 1 aromatic rings. The minimum atomic E-state index is 1.24. The van der Waals surface area contributed by atoms with Crippen LogP contribution in [0, 0.1) is 0 Å². The molecule has 0 saturated heterocycles. The second-order valence-electron chi connectivity index (χ2n) is 2.80. The Hall–Kier alpha value is 0.200. The Kier molecular flexibility index (Phi) is 2.88. The van der Waals surface area contributed by atoms with Gasteiger partial charge in [0.1, 0.15) is 0 Å². The zero-order chi connectivity index (χ0) is 8.39. The van der Waals surface area contributed by atoms with E-state index in [4.69, 9.17) is 0 Å². The standard InChI is InChI=1S/C8H11NS3/c1-10-9-8-11-6-4-2-3-5-7(6)12-8/h2-5H2,1H3. The van der Waals surface area contributed by atoms with Gasteiger partial charge in [0, 0.05) is 16.0 Å². The first-order valence-corrected chi connectivity index (χ1v) is 6.90. The molecule has 1 aliphatic carbocycles. The second kappa shape index (κ2) is 3.94. The first-order valence-electron chi connectivity index (χ1n) is 4.09. The third-order valence-corrected chi connectivity index (χ3v) is 5.11. The van der Waals surface area contributed by atoms with Gasteiger partial charge in [-0.25, -0.2) is 0 Å². The van der Waals surface area contributed by atoms with Gasteiger partial charge in [0.2, 0.25) is 0 Å². The summed E-state index contributed by atoms with van der Waals surface area (Å²) in [5, 5.41) is 0. The van der Waals surface area contributed by atoms with Gasteiger partial charge in [-0.15, -0.1) is 22.7 Å². The smallest absolute Gasteiger partial charge is 0.178 e. The van der Waals surface area contributed by atoms with E-state index in [2.05, 4.69) is 4.40 Å². The molecular weight excluding hydrogens is 206 g/mol. The van der Waals surface area contributed by atoms with Gasteiger partial charge in [0.05, 0.1) is 0 Å². The van der Waals surface area contributed by atoms with E-state index in [1.54, 1.807) is 21.7 Å². The first kappa shape index (κ1) is 8.78. The number of hydrogen-bond donors (Lipinski definition) is 0. The van der Waals surface area contributed by atoms with E-state index >= 15 is 0 Å². The van der Waals surface area contributed by atoms with Crippen LogP contribution in [0.4, 0.5) is 0 Å². The molecule has 0 unspecified atom stereocenters. The molecule has 0 N–H and O–H groups in total. The largest absolute Gasteiger partial charge is 0.195 e. The Labute approximate surface area is 84.7 Å². The lowest BCUT2D eigenvalue weighted by Gasteiger charge is -2.07. The molecule has 12 heavy (non-hydrogen) atoms. The summed E-state index contributed by atoms with van der Waals surface area (Å²) in [6.07, 6.45) is 7.35. The minimum absolute atomic E-state index is 1.24. The molecule has 1 aromatic heterocycles. The van der Waals surface area contributed by atoms with Crippen molar-refractivity contribution >= 4 is 34.6 Å². The van der Waals surface area contributed by atoms with E-state index in [1.807, 2.05) is 28.9 Å². The maximum atomic E-state index is 4.37. The topological polar surface area (TPSA) is 12.4 Å². The van der Waals surface area contributed by atoms with Crippen molar-refractivity contribution in [3.05, 3.63) is 13.7 Å². The van der Waals surface area contributed by atoms with Crippen molar-refractivity contribution in [2.24, 2.45) is 4.40 Å². The van der Waals surface area contributed by atoms with Crippen LogP contribution in [-0.4, -0.2) is 6.26 Å². The number of hydrogen-bond acceptors (Lipinski definition) is 4. The molecule has 1 aliphatic rings. The van der Waals surface area contributed by atoms with Gasteiger partial charge in [0.15, 0.2) is 3.98 Å². The molecule has 0 spiro atoms. The number of nitrogens with zero attached hydrogens (tertiary/aromatic N) is 1. The molecule has 0 radical (unpaired) electrons. The number of fused-ring (bicyclic) bond motifs is 1. The molecule has 1 nitrogen and oxygen atoms in total. The van der Waals surface area contributed by atoms with Crippen LogP contribution < -0.4 is 3.98 Å². The average Bonchev–Trinajstić information content (AvgIpc) is 2.47. The first-order chi connectivity index (χ1) is 5.90. The highest BCUT2D eigenvalue weighted by molar-refractivity contribution is 7.97. The van der Waals surface area contributed by atoms with Gasteiger partial charge in [-0.3, -0.25) is 0 Å². The molecule has 0 atom stereocenters. The second-order valence-corrected chi connectivity index (χ2v) is 5.77. The predicted octanol–water partition coefficient (Wildman–Crippen LogP) is 2.87. The van der Waals surface area contributed by atoms with E-state index < -0.39 is 0 Å². The summed E-state index contributed by atoms with van der Waals surface area (Å²) in [6, 6.07) is 0. The van der Waals surface area contributed by atoms with Crippen molar-refractivity contribution < 1.29 is 0 Å². The van der Waals surface area contributed by atoms with E-state index in [9.17, 15) is 0 Å². The molecule has 4 heteroatoms. The Morgan fingerprint density at radius 3 is 2.25 bits per heavy atom. The van der Waals surface area contributed by atoms with Crippen LogP contribution in [0.3, 0.4) is 0 Å². The summed E-state index contributed by atoms with van der Waals surface area (Å²) in [7, 11) is 0.